The van der Waals surface area contributed by atoms with Crippen molar-refractivity contribution in [2.24, 2.45) is 5.10 Å². The second-order valence-electron chi connectivity index (χ2n) is 8.42. The largest absolute Gasteiger partial charge is 0.361 e. The van der Waals surface area contributed by atoms with E-state index in [1.54, 1.807) is 25.0 Å². The molecule has 2 amide bonds. The van der Waals surface area contributed by atoms with Crippen molar-refractivity contribution in [1.82, 2.24) is 25.0 Å². The van der Waals surface area contributed by atoms with Gasteiger partial charge in [-0.3, -0.25) is 0 Å². The van der Waals surface area contributed by atoms with Gasteiger partial charge in [-0.15, -0.1) is 0 Å². The summed E-state index contributed by atoms with van der Waals surface area (Å²) in [5, 5.41) is 9.27. The fraction of sp³-hybridized carbons (Fsp3) is 0.348. The lowest BCUT2D eigenvalue weighted by Gasteiger charge is -2.37. The smallest absolute Gasteiger partial charge is 0.341 e. The van der Waals surface area contributed by atoms with Crippen molar-refractivity contribution in [2.75, 3.05) is 31.1 Å². The lowest BCUT2D eigenvalue weighted by Crippen LogP contribution is -2.52. The molecule has 0 aliphatic carbocycles. The van der Waals surface area contributed by atoms with Gasteiger partial charge in [0.15, 0.2) is 5.82 Å². The van der Waals surface area contributed by atoms with E-state index in [1.165, 1.54) is 17.1 Å². The lowest BCUT2D eigenvalue weighted by molar-refractivity contribution is 0.139. The summed E-state index contributed by atoms with van der Waals surface area (Å²) < 4.78 is 47.1. The molecule has 4 heterocycles. The standard InChI is InChI=1S/C23H22F3N7O2/c1-13-20(14(2)35-30-13)21-18(26)12-27-22(29-21)31-5-7-32(8-6-31)23(34)33-19(3-4-28-33)15-9-16(24)11-17(25)10-15/h4,9-12,19H,3,5-8H2,1-2H3/t19-/m0/s1. The van der Waals surface area contributed by atoms with Crippen molar-refractivity contribution in [3.05, 3.63) is 58.9 Å². The highest BCUT2D eigenvalue weighted by molar-refractivity contribution is 5.78. The van der Waals surface area contributed by atoms with Crippen LogP contribution in [0.3, 0.4) is 0 Å². The van der Waals surface area contributed by atoms with Crippen LogP contribution in [0.25, 0.3) is 11.3 Å². The van der Waals surface area contributed by atoms with Crippen LogP contribution in [0.4, 0.5) is 23.9 Å². The van der Waals surface area contributed by atoms with Crippen LogP contribution in [0.2, 0.25) is 0 Å². The Hall–Kier alpha value is -3.96. The number of anilines is 1. The van der Waals surface area contributed by atoms with E-state index in [2.05, 4.69) is 20.2 Å². The molecule has 0 radical (unpaired) electrons. The Kier molecular flexibility index (Phi) is 5.87. The Morgan fingerprint density at radius 2 is 1.77 bits per heavy atom. The van der Waals surface area contributed by atoms with Crippen LogP contribution in [0.5, 0.6) is 0 Å². The molecule has 12 heteroatoms. The molecule has 1 fully saturated rings. The predicted octanol–water partition coefficient (Wildman–Crippen LogP) is 3.84. The summed E-state index contributed by atoms with van der Waals surface area (Å²) in [6.07, 6.45) is 3.04. The van der Waals surface area contributed by atoms with Crippen LogP contribution in [0, 0.1) is 31.3 Å². The van der Waals surface area contributed by atoms with E-state index in [9.17, 15) is 18.0 Å². The van der Waals surface area contributed by atoms with Gasteiger partial charge in [-0.05, 0) is 31.5 Å². The minimum Gasteiger partial charge on any atom is -0.361 e. The van der Waals surface area contributed by atoms with Gasteiger partial charge in [-0.2, -0.15) is 5.10 Å². The zero-order valence-corrected chi connectivity index (χ0v) is 19.1. The summed E-state index contributed by atoms with van der Waals surface area (Å²) in [5.74, 6) is -1.20. The summed E-state index contributed by atoms with van der Waals surface area (Å²) in [5.41, 5.74) is 1.48. The van der Waals surface area contributed by atoms with Crippen molar-refractivity contribution in [3.8, 4) is 11.3 Å². The molecule has 5 rings (SSSR count). The highest BCUT2D eigenvalue weighted by Crippen LogP contribution is 2.31. The summed E-state index contributed by atoms with van der Waals surface area (Å²) >= 11 is 0. The molecule has 0 N–H and O–H groups in total. The van der Waals surface area contributed by atoms with E-state index in [0.717, 1.165) is 12.3 Å². The number of rotatable bonds is 3. The molecule has 1 atom stereocenters. The maximum absolute atomic E-state index is 14.5. The minimum atomic E-state index is -0.705. The third kappa shape index (κ3) is 4.31. The zero-order chi connectivity index (χ0) is 24.7. The third-order valence-corrected chi connectivity index (χ3v) is 6.13. The fourth-order valence-electron chi connectivity index (χ4n) is 4.39. The topological polar surface area (TPSA) is 91.0 Å². The number of halogens is 3. The Balaban J connectivity index is 1.29. The van der Waals surface area contributed by atoms with Crippen molar-refractivity contribution in [1.29, 1.82) is 0 Å². The van der Waals surface area contributed by atoms with Crippen LogP contribution < -0.4 is 4.90 Å². The molecule has 1 aromatic carbocycles. The fourth-order valence-corrected chi connectivity index (χ4v) is 4.39. The maximum atomic E-state index is 14.5. The number of hydrogen-bond acceptors (Lipinski definition) is 7. The molecular weight excluding hydrogens is 463 g/mol. The Morgan fingerprint density at radius 3 is 2.43 bits per heavy atom. The number of hydrazone groups is 1. The number of hydrogen-bond donors (Lipinski definition) is 0. The SMILES string of the molecule is Cc1noc(C)c1-c1nc(N2CCN(C(=O)N3N=CC[C@H]3c3cc(F)cc(F)c3)CC2)ncc1F. The molecule has 182 valence electrons. The number of carbonyl (C=O) groups excluding carboxylic acids is 1. The second-order valence-corrected chi connectivity index (χ2v) is 8.42. The maximum Gasteiger partial charge on any atom is 0.341 e. The highest BCUT2D eigenvalue weighted by atomic mass is 19.1. The van der Waals surface area contributed by atoms with Crippen molar-refractivity contribution < 1.29 is 22.5 Å². The molecular formula is C23H22F3N7O2. The number of piperazine rings is 1. The molecule has 0 bridgehead atoms. The van der Waals surface area contributed by atoms with Crippen LogP contribution in [0.1, 0.15) is 29.5 Å². The highest BCUT2D eigenvalue weighted by Gasteiger charge is 2.34. The first-order valence-electron chi connectivity index (χ1n) is 11.1. The van der Waals surface area contributed by atoms with Crippen LogP contribution in [0.15, 0.2) is 34.0 Å². The first-order chi connectivity index (χ1) is 16.8. The lowest BCUT2D eigenvalue weighted by atomic mass is 10.0. The third-order valence-electron chi connectivity index (χ3n) is 6.13. The van der Waals surface area contributed by atoms with Crippen LogP contribution in [-0.2, 0) is 0 Å². The number of aromatic nitrogens is 3. The van der Waals surface area contributed by atoms with E-state index in [-0.39, 0.29) is 11.7 Å². The number of carbonyl (C=O) groups is 1. The number of aryl methyl sites for hydroxylation is 2. The van der Waals surface area contributed by atoms with Crippen molar-refractivity contribution >= 4 is 18.2 Å². The van der Waals surface area contributed by atoms with Gasteiger partial charge in [-0.25, -0.2) is 32.9 Å². The Bertz CT molecular complexity index is 1260. The van der Waals surface area contributed by atoms with Gasteiger partial charge >= 0.3 is 6.03 Å². The van der Waals surface area contributed by atoms with E-state index >= 15 is 0 Å². The number of urea groups is 1. The van der Waals surface area contributed by atoms with Gasteiger partial charge < -0.3 is 14.3 Å². The molecule has 9 nitrogen and oxygen atoms in total. The Morgan fingerprint density at radius 1 is 1.06 bits per heavy atom. The van der Waals surface area contributed by atoms with E-state index < -0.39 is 23.5 Å². The van der Waals surface area contributed by atoms with Gasteiger partial charge in [0.05, 0.1) is 23.5 Å². The zero-order valence-electron chi connectivity index (χ0n) is 19.1. The van der Waals surface area contributed by atoms with Gasteiger partial charge in [0.25, 0.3) is 0 Å². The van der Waals surface area contributed by atoms with Gasteiger partial charge in [0.2, 0.25) is 5.95 Å². The van der Waals surface area contributed by atoms with E-state index in [0.29, 0.717) is 61.1 Å². The monoisotopic (exact) mass is 485 g/mol. The predicted molar refractivity (Wildman–Crippen MR) is 120 cm³/mol. The Labute approximate surface area is 198 Å². The summed E-state index contributed by atoms with van der Waals surface area (Å²) in [4.78, 5) is 25.2. The first-order valence-corrected chi connectivity index (χ1v) is 11.1. The quantitative estimate of drug-likeness (QED) is 0.560. The number of benzene rings is 1. The summed E-state index contributed by atoms with van der Waals surface area (Å²) in [6.45, 7) is 4.91. The molecule has 0 saturated carbocycles. The molecule has 35 heavy (non-hydrogen) atoms. The average Bonchev–Trinajstić information content (AvgIpc) is 3.45. The van der Waals surface area contributed by atoms with Gasteiger partial charge in [0.1, 0.15) is 23.1 Å². The van der Waals surface area contributed by atoms with E-state index in [1.807, 2.05) is 4.90 Å². The molecule has 2 aliphatic rings. The van der Waals surface area contributed by atoms with Crippen molar-refractivity contribution in [2.45, 2.75) is 26.3 Å². The number of amides is 2. The molecule has 3 aromatic rings. The normalized spacial score (nSPS) is 18.0. The molecule has 2 aliphatic heterocycles. The van der Waals surface area contributed by atoms with Gasteiger partial charge in [0, 0.05) is 44.9 Å². The molecule has 1 saturated heterocycles. The molecule has 0 unspecified atom stereocenters. The summed E-state index contributed by atoms with van der Waals surface area (Å²) in [6, 6.07) is 2.28. The summed E-state index contributed by atoms with van der Waals surface area (Å²) in [7, 11) is 0. The van der Waals surface area contributed by atoms with E-state index in [4.69, 9.17) is 4.52 Å². The number of nitrogens with zero attached hydrogens (tertiary/aromatic N) is 7. The van der Waals surface area contributed by atoms with Crippen LogP contribution >= 0.6 is 0 Å². The molecule has 0 spiro atoms. The second kappa shape index (κ2) is 9.01. The van der Waals surface area contributed by atoms with Crippen molar-refractivity contribution in [3.63, 3.8) is 0 Å². The van der Waals surface area contributed by atoms with Crippen LogP contribution in [-0.4, -0.2) is 63.5 Å². The molecule has 2 aromatic heterocycles. The van der Waals surface area contributed by atoms with Gasteiger partial charge in [-0.1, -0.05) is 5.16 Å². The average molecular weight is 485 g/mol. The first kappa shape index (κ1) is 22.8. The minimum absolute atomic E-state index is 0.112.